The highest BCUT2D eigenvalue weighted by Crippen LogP contribution is 2.48. The number of aromatic nitrogens is 1. The second-order valence-corrected chi connectivity index (χ2v) is 6.87. The van der Waals surface area contributed by atoms with Gasteiger partial charge in [-0.05, 0) is 43.7 Å². The number of halogens is 1. The number of carbonyl (C=O) groups excluding carboxylic acids is 1. The maximum Gasteiger partial charge on any atom is 0.247 e. The molecule has 130 valence electrons. The number of thioether (sulfide) groups is 1. The van der Waals surface area contributed by atoms with E-state index in [4.69, 9.17) is 10.5 Å². The molecule has 1 aromatic heterocycles. The molecular formula is C18H18FN3O2S. The molecule has 0 fully saturated rings. The van der Waals surface area contributed by atoms with Crippen molar-refractivity contribution in [3.63, 3.8) is 0 Å². The van der Waals surface area contributed by atoms with Crippen molar-refractivity contribution in [3.8, 4) is 5.75 Å². The summed E-state index contributed by atoms with van der Waals surface area (Å²) < 4.78 is 19.4. The van der Waals surface area contributed by atoms with Crippen LogP contribution in [-0.4, -0.2) is 18.0 Å². The van der Waals surface area contributed by atoms with Crippen molar-refractivity contribution in [2.45, 2.75) is 18.6 Å². The smallest absolute Gasteiger partial charge is 0.247 e. The zero-order valence-corrected chi connectivity index (χ0v) is 14.7. The lowest BCUT2D eigenvalue weighted by Crippen LogP contribution is -2.16. The Balaban J connectivity index is 1.88. The van der Waals surface area contributed by atoms with E-state index in [1.165, 1.54) is 24.9 Å². The van der Waals surface area contributed by atoms with Crippen LogP contribution in [-0.2, 0) is 4.79 Å². The Morgan fingerprint density at radius 2 is 2.20 bits per heavy atom. The summed E-state index contributed by atoms with van der Waals surface area (Å²) in [5.41, 5.74) is 7.30. The fraction of sp³-hybridized carbons (Fsp3) is 0.222. The normalized spacial score (nSPS) is 16.8. The van der Waals surface area contributed by atoms with E-state index in [-0.39, 0.29) is 11.1 Å². The SMILES string of the molecule is COc1ccc(F)c(C2CC(C(N)=O)=C(Nc3cccc(C)n3)S2)c1. The first-order chi connectivity index (χ1) is 12.0. The van der Waals surface area contributed by atoms with Gasteiger partial charge in [0.1, 0.15) is 17.4 Å². The van der Waals surface area contributed by atoms with Crippen molar-refractivity contribution in [2.24, 2.45) is 5.73 Å². The Labute approximate surface area is 149 Å². The number of amides is 1. The Hall–Kier alpha value is -2.54. The minimum absolute atomic E-state index is 0.259. The van der Waals surface area contributed by atoms with E-state index in [9.17, 15) is 9.18 Å². The van der Waals surface area contributed by atoms with Gasteiger partial charge in [-0.2, -0.15) is 0 Å². The number of hydrogen-bond acceptors (Lipinski definition) is 5. The lowest BCUT2D eigenvalue weighted by Gasteiger charge is -2.13. The summed E-state index contributed by atoms with van der Waals surface area (Å²) in [6, 6.07) is 10.1. The maximum absolute atomic E-state index is 14.3. The predicted molar refractivity (Wildman–Crippen MR) is 96.7 cm³/mol. The van der Waals surface area contributed by atoms with Crippen molar-refractivity contribution in [1.82, 2.24) is 4.98 Å². The molecule has 0 radical (unpaired) electrons. The lowest BCUT2D eigenvalue weighted by atomic mass is 10.0. The molecule has 2 heterocycles. The molecule has 1 aliphatic rings. The number of pyridine rings is 1. The number of anilines is 1. The van der Waals surface area contributed by atoms with Gasteiger partial charge >= 0.3 is 0 Å². The van der Waals surface area contributed by atoms with E-state index in [1.54, 1.807) is 18.2 Å². The third-order valence-electron chi connectivity index (χ3n) is 3.90. The molecule has 1 amide bonds. The molecule has 1 atom stereocenters. The molecule has 1 aliphatic heterocycles. The molecule has 5 nitrogen and oxygen atoms in total. The number of ether oxygens (including phenoxy) is 1. The predicted octanol–water partition coefficient (Wildman–Crippen LogP) is 3.52. The number of nitrogens with two attached hydrogens (primary N) is 1. The molecule has 0 spiro atoms. The van der Waals surface area contributed by atoms with E-state index < -0.39 is 5.91 Å². The number of benzene rings is 1. The van der Waals surface area contributed by atoms with Crippen LogP contribution in [0.4, 0.5) is 10.2 Å². The van der Waals surface area contributed by atoms with Gasteiger partial charge < -0.3 is 15.8 Å². The summed E-state index contributed by atoms with van der Waals surface area (Å²) in [5.74, 6) is 0.331. The molecule has 1 aromatic carbocycles. The van der Waals surface area contributed by atoms with Crippen LogP contribution in [0.3, 0.4) is 0 Å². The Bertz CT molecular complexity index is 854. The first-order valence-electron chi connectivity index (χ1n) is 7.71. The van der Waals surface area contributed by atoms with Gasteiger partial charge in [-0.3, -0.25) is 4.79 Å². The molecular weight excluding hydrogens is 341 g/mol. The molecule has 0 bridgehead atoms. The Morgan fingerprint density at radius 1 is 1.40 bits per heavy atom. The minimum Gasteiger partial charge on any atom is -0.497 e. The Kier molecular flexibility index (Phi) is 4.94. The number of rotatable bonds is 5. The van der Waals surface area contributed by atoms with Gasteiger partial charge in [0.25, 0.3) is 0 Å². The largest absolute Gasteiger partial charge is 0.497 e. The van der Waals surface area contributed by atoms with Crippen LogP contribution < -0.4 is 15.8 Å². The van der Waals surface area contributed by atoms with Crippen LogP contribution >= 0.6 is 11.8 Å². The van der Waals surface area contributed by atoms with Gasteiger partial charge in [-0.15, -0.1) is 0 Å². The van der Waals surface area contributed by atoms with Crippen LogP contribution in [0, 0.1) is 12.7 Å². The molecule has 0 aliphatic carbocycles. The number of hydrogen-bond donors (Lipinski definition) is 2. The van der Waals surface area contributed by atoms with Gasteiger partial charge in [0, 0.05) is 22.1 Å². The van der Waals surface area contributed by atoms with Crippen LogP contribution in [0.2, 0.25) is 0 Å². The quantitative estimate of drug-likeness (QED) is 0.854. The topological polar surface area (TPSA) is 77.2 Å². The minimum atomic E-state index is -0.520. The lowest BCUT2D eigenvalue weighted by molar-refractivity contribution is -0.114. The molecule has 1 unspecified atom stereocenters. The summed E-state index contributed by atoms with van der Waals surface area (Å²) in [6.45, 7) is 1.88. The highest BCUT2D eigenvalue weighted by molar-refractivity contribution is 8.03. The third-order valence-corrected chi connectivity index (χ3v) is 5.19. The molecule has 3 rings (SSSR count). The molecule has 3 N–H and O–H groups in total. The van der Waals surface area contributed by atoms with Crippen LogP contribution in [0.5, 0.6) is 5.75 Å². The van der Waals surface area contributed by atoms with E-state index in [1.807, 2.05) is 19.1 Å². The van der Waals surface area contributed by atoms with E-state index in [2.05, 4.69) is 10.3 Å². The molecule has 0 saturated carbocycles. The van der Waals surface area contributed by atoms with Crippen molar-refractivity contribution in [3.05, 3.63) is 64.1 Å². The number of primary amides is 1. The van der Waals surface area contributed by atoms with Crippen LogP contribution in [0.15, 0.2) is 47.0 Å². The fourth-order valence-electron chi connectivity index (χ4n) is 2.65. The zero-order valence-electron chi connectivity index (χ0n) is 13.9. The zero-order chi connectivity index (χ0) is 18.0. The first kappa shape index (κ1) is 17.3. The van der Waals surface area contributed by atoms with Gasteiger partial charge in [-0.1, -0.05) is 17.8 Å². The average molecular weight is 359 g/mol. The fourth-order valence-corrected chi connectivity index (χ4v) is 3.98. The molecule has 0 saturated heterocycles. The van der Waals surface area contributed by atoms with Crippen LogP contribution in [0.1, 0.15) is 22.9 Å². The van der Waals surface area contributed by atoms with Gasteiger partial charge in [0.15, 0.2) is 0 Å². The van der Waals surface area contributed by atoms with E-state index in [0.29, 0.717) is 34.2 Å². The number of methoxy groups -OCH3 is 1. The van der Waals surface area contributed by atoms with E-state index in [0.717, 1.165) is 5.69 Å². The molecule has 7 heteroatoms. The van der Waals surface area contributed by atoms with Gasteiger partial charge in [0.05, 0.1) is 12.1 Å². The number of nitrogens with zero attached hydrogens (tertiary/aromatic N) is 1. The summed E-state index contributed by atoms with van der Waals surface area (Å²) >= 11 is 1.37. The number of carbonyl (C=O) groups is 1. The second kappa shape index (κ2) is 7.14. The van der Waals surface area contributed by atoms with Crippen molar-refractivity contribution < 1.29 is 13.9 Å². The highest BCUT2D eigenvalue weighted by Gasteiger charge is 2.31. The maximum atomic E-state index is 14.3. The monoisotopic (exact) mass is 359 g/mol. The van der Waals surface area contributed by atoms with Gasteiger partial charge in [-0.25, -0.2) is 9.37 Å². The standard InChI is InChI=1S/C18H18FN3O2S/c1-10-4-3-5-16(21-10)22-18-13(17(20)23)9-15(25-18)12-8-11(24-2)6-7-14(12)19/h3-8,15H,9H2,1-2H3,(H2,20,23)(H,21,22). The molecule has 25 heavy (non-hydrogen) atoms. The summed E-state index contributed by atoms with van der Waals surface area (Å²) in [6.07, 6.45) is 0.345. The molecule has 2 aromatic rings. The van der Waals surface area contributed by atoms with Crippen molar-refractivity contribution in [2.75, 3.05) is 12.4 Å². The van der Waals surface area contributed by atoms with Crippen LogP contribution in [0.25, 0.3) is 0 Å². The second-order valence-electron chi connectivity index (χ2n) is 5.66. The summed E-state index contributed by atoms with van der Waals surface area (Å²) in [4.78, 5) is 16.2. The van der Waals surface area contributed by atoms with Gasteiger partial charge in [0.2, 0.25) is 5.91 Å². The van der Waals surface area contributed by atoms with E-state index >= 15 is 0 Å². The summed E-state index contributed by atoms with van der Waals surface area (Å²) in [5, 5.41) is 3.49. The summed E-state index contributed by atoms with van der Waals surface area (Å²) in [7, 11) is 1.53. The first-order valence-corrected chi connectivity index (χ1v) is 8.59. The van der Waals surface area contributed by atoms with Crippen molar-refractivity contribution >= 4 is 23.5 Å². The number of nitrogens with one attached hydrogen (secondary N) is 1. The Morgan fingerprint density at radius 3 is 2.88 bits per heavy atom. The highest BCUT2D eigenvalue weighted by atomic mass is 32.2. The average Bonchev–Trinajstić information content (AvgIpc) is 2.99. The third kappa shape index (κ3) is 3.76. The number of aryl methyl sites for hydroxylation is 1. The van der Waals surface area contributed by atoms with Crippen molar-refractivity contribution in [1.29, 1.82) is 0 Å².